The van der Waals surface area contributed by atoms with E-state index in [1.165, 1.54) is 5.56 Å². The minimum absolute atomic E-state index is 0.153. The normalized spacial score (nSPS) is 22.3. The molecule has 3 rings (SSSR count). The smallest absolute Gasteiger partial charge is 0.117 e. The molecule has 1 N–H and O–H groups in total. The zero-order valence-corrected chi connectivity index (χ0v) is 12.9. The van der Waals surface area contributed by atoms with E-state index in [4.69, 9.17) is 4.42 Å². The lowest BCUT2D eigenvalue weighted by Gasteiger charge is -2.44. The molecule has 0 bridgehead atoms. The van der Waals surface area contributed by atoms with Crippen LogP contribution in [-0.4, -0.2) is 29.6 Å². The molecule has 3 heteroatoms. The Balaban J connectivity index is 1.73. The van der Waals surface area contributed by atoms with Gasteiger partial charge in [-0.1, -0.05) is 30.3 Å². The second kappa shape index (κ2) is 6.04. The number of hydrogen-bond acceptors (Lipinski definition) is 3. The van der Waals surface area contributed by atoms with E-state index in [1.54, 1.807) is 6.26 Å². The lowest BCUT2D eigenvalue weighted by Crippen LogP contribution is -2.61. The van der Waals surface area contributed by atoms with Gasteiger partial charge in [-0.15, -0.1) is 0 Å². The van der Waals surface area contributed by atoms with E-state index in [0.29, 0.717) is 6.04 Å². The highest BCUT2D eigenvalue weighted by Crippen LogP contribution is 2.21. The van der Waals surface area contributed by atoms with Crippen molar-refractivity contribution in [3.63, 3.8) is 0 Å². The zero-order chi connectivity index (χ0) is 14.7. The summed E-state index contributed by atoms with van der Waals surface area (Å²) in [5.74, 6) is 1.05. The van der Waals surface area contributed by atoms with Crippen LogP contribution in [-0.2, 0) is 13.0 Å². The van der Waals surface area contributed by atoms with Crippen molar-refractivity contribution < 1.29 is 4.42 Å². The fraction of sp³-hybridized carbons (Fsp3) is 0.444. The number of nitrogens with one attached hydrogen (secondary N) is 1. The van der Waals surface area contributed by atoms with E-state index < -0.39 is 0 Å². The monoisotopic (exact) mass is 284 g/mol. The SMILES string of the molecule is CC1(C)CN(Cc2ccco2)C(Cc2ccccc2)CN1. The van der Waals surface area contributed by atoms with Crippen LogP contribution < -0.4 is 5.32 Å². The predicted molar refractivity (Wildman–Crippen MR) is 85.1 cm³/mol. The van der Waals surface area contributed by atoms with Gasteiger partial charge in [0, 0.05) is 24.7 Å². The predicted octanol–water partition coefficient (Wildman–Crippen LogP) is 3.07. The lowest BCUT2D eigenvalue weighted by atomic mass is 9.95. The molecular formula is C18H24N2O. The summed E-state index contributed by atoms with van der Waals surface area (Å²) in [6.07, 6.45) is 2.83. The van der Waals surface area contributed by atoms with Crippen molar-refractivity contribution in [3.8, 4) is 0 Å². The van der Waals surface area contributed by atoms with Crippen molar-refractivity contribution in [2.24, 2.45) is 0 Å². The first-order valence-corrected chi connectivity index (χ1v) is 7.68. The molecule has 1 saturated heterocycles. The Hall–Kier alpha value is -1.58. The summed E-state index contributed by atoms with van der Waals surface area (Å²) in [6, 6.07) is 15.3. The van der Waals surface area contributed by atoms with Crippen LogP contribution in [0.15, 0.2) is 53.1 Å². The van der Waals surface area contributed by atoms with Crippen molar-refractivity contribution >= 4 is 0 Å². The summed E-state index contributed by atoms with van der Waals surface area (Å²) in [4.78, 5) is 2.54. The molecule has 0 spiro atoms. The molecule has 2 aromatic rings. The molecule has 1 unspecified atom stereocenters. The standard InChI is InChI=1S/C18H24N2O/c1-18(2)14-20(13-17-9-6-10-21-17)16(12-19-18)11-15-7-4-3-5-8-15/h3-10,16,19H,11-14H2,1-2H3. The summed E-state index contributed by atoms with van der Waals surface area (Å²) in [7, 11) is 0. The Bertz CT molecular complexity index is 548. The quantitative estimate of drug-likeness (QED) is 0.935. The van der Waals surface area contributed by atoms with Gasteiger partial charge in [0.1, 0.15) is 5.76 Å². The second-order valence-corrected chi connectivity index (χ2v) is 6.59. The minimum atomic E-state index is 0.153. The maximum absolute atomic E-state index is 5.54. The second-order valence-electron chi connectivity index (χ2n) is 6.59. The molecule has 0 amide bonds. The number of nitrogens with zero attached hydrogens (tertiary/aromatic N) is 1. The van der Waals surface area contributed by atoms with E-state index in [2.05, 4.69) is 60.5 Å². The van der Waals surface area contributed by atoms with Gasteiger partial charge in [0.15, 0.2) is 0 Å². The Kier molecular flexibility index (Phi) is 4.13. The topological polar surface area (TPSA) is 28.4 Å². The summed E-state index contributed by atoms with van der Waals surface area (Å²) in [5, 5.41) is 3.67. The maximum Gasteiger partial charge on any atom is 0.117 e. The average Bonchev–Trinajstić information content (AvgIpc) is 2.96. The Morgan fingerprint density at radius 1 is 1.19 bits per heavy atom. The number of piperazine rings is 1. The molecule has 1 fully saturated rings. The molecule has 1 aliphatic heterocycles. The summed E-state index contributed by atoms with van der Waals surface area (Å²) >= 11 is 0. The molecule has 0 saturated carbocycles. The highest BCUT2D eigenvalue weighted by Gasteiger charge is 2.32. The van der Waals surface area contributed by atoms with Crippen LogP contribution in [0.4, 0.5) is 0 Å². The molecule has 3 nitrogen and oxygen atoms in total. The summed E-state index contributed by atoms with van der Waals surface area (Å²) in [5.41, 5.74) is 1.55. The number of furan rings is 1. The van der Waals surface area contributed by atoms with Gasteiger partial charge in [-0.2, -0.15) is 0 Å². The number of rotatable bonds is 4. The molecule has 21 heavy (non-hydrogen) atoms. The first kappa shape index (κ1) is 14.4. The van der Waals surface area contributed by atoms with E-state index in [0.717, 1.165) is 31.8 Å². The largest absolute Gasteiger partial charge is 0.468 e. The van der Waals surface area contributed by atoms with Gasteiger partial charge < -0.3 is 9.73 Å². The van der Waals surface area contributed by atoms with Gasteiger partial charge in [0.25, 0.3) is 0 Å². The van der Waals surface area contributed by atoms with Gasteiger partial charge >= 0.3 is 0 Å². The lowest BCUT2D eigenvalue weighted by molar-refractivity contribution is 0.0814. The Morgan fingerprint density at radius 2 is 2.00 bits per heavy atom. The highest BCUT2D eigenvalue weighted by atomic mass is 16.3. The Morgan fingerprint density at radius 3 is 2.71 bits per heavy atom. The fourth-order valence-electron chi connectivity index (χ4n) is 3.09. The minimum Gasteiger partial charge on any atom is -0.468 e. The third-order valence-corrected chi connectivity index (χ3v) is 4.18. The van der Waals surface area contributed by atoms with Crippen molar-refractivity contribution in [2.75, 3.05) is 13.1 Å². The average molecular weight is 284 g/mol. The molecule has 1 aliphatic rings. The molecule has 2 heterocycles. The van der Waals surface area contributed by atoms with Crippen LogP contribution in [0.1, 0.15) is 25.2 Å². The van der Waals surface area contributed by atoms with E-state index >= 15 is 0 Å². The van der Waals surface area contributed by atoms with Gasteiger partial charge in [0.05, 0.1) is 12.8 Å². The van der Waals surface area contributed by atoms with E-state index in [1.807, 2.05) is 6.07 Å². The van der Waals surface area contributed by atoms with Gasteiger partial charge in [-0.25, -0.2) is 0 Å². The molecule has 112 valence electrons. The van der Waals surface area contributed by atoms with Crippen LogP contribution in [0.3, 0.4) is 0 Å². The third-order valence-electron chi connectivity index (χ3n) is 4.18. The fourth-order valence-corrected chi connectivity index (χ4v) is 3.09. The maximum atomic E-state index is 5.54. The van der Waals surface area contributed by atoms with Crippen molar-refractivity contribution in [1.29, 1.82) is 0 Å². The van der Waals surface area contributed by atoms with Crippen LogP contribution >= 0.6 is 0 Å². The number of benzene rings is 1. The van der Waals surface area contributed by atoms with Gasteiger partial charge in [0.2, 0.25) is 0 Å². The van der Waals surface area contributed by atoms with Crippen molar-refractivity contribution in [3.05, 3.63) is 60.1 Å². The van der Waals surface area contributed by atoms with E-state index in [9.17, 15) is 0 Å². The highest BCUT2D eigenvalue weighted by molar-refractivity contribution is 5.17. The van der Waals surface area contributed by atoms with Crippen LogP contribution in [0, 0.1) is 0 Å². The summed E-state index contributed by atoms with van der Waals surface area (Å²) in [6.45, 7) is 7.46. The zero-order valence-electron chi connectivity index (χ0n) is 12.9. The summed E-state index contributed by atoms with van der Waals surface area (Å²) < 4.78 is 5.54. The van der Waals surface area contributed by atoms with E-state index in [-0.39, 0.29) is 5.54 Å². The van der Waals surface area contributed by atoms with Crippen LogP contribution in [0.25, 0.3) is 0 Å². The molecule has 0 aliphatic carbocycles. The third kappa shape index (κ3) is 3.74. The van der Waals surface area contributed by atoms with Gasteiger partial charge in [-0.05, 0) is 38.0 Å². The first-order chi connectivity index (χ1) is 10.1. The first-order valence-electron chi connectivity index (χ1n) is 7.68. The van der Waals surface area contributed by atoms with Crippen molar-refractivity contribution in [1.82, 2.24) is 10.2 Å². The van der Waals surface area contributed by atoms with Crippen molar-refractivity contribution in [2.45, 2.75) is 38.4 Å². The van der Waals surface area contributed by atoms with Crippen LogP contribution in [0.5, 0.6) is 0 Å². The van der Waals surface area contributed by atoms with Crippen LogP contribution in [0.2, 0.25) is 0 Å². The molecular weight excluding hydrogens is 260 g/mol. The molecule has 1 aromatic heterocycles. The molecule has 1 atom stereocenters. The van der Waals surface area contributed by atoms with Gasteiger partial charge in [-0.3, -0.25) is 4.90 Å². The number of hydrogen-bond donors (Lipinski definition) is 1. The molecule has 0 radical (unpaired) electrons. The molecule has 1 aromatic carbocycles. The Labute approximate surface area is 127 Å².